The van der Waals surface area contributed by atoms with Gasteiger partial charge in [-0.05, 0) is 25.7 Å². The van der Waals surface area contributed by atoms with Crippen molar-refractivity contribution in [2.75, 3.05) is 39.6 Å². The highest BCUT2D eigenvalue weighted by Crippen LogP contribution is 2.45. The Morgan fingerprint density at radius 1 is 0.216 bits per heavy atom. The number of carbonyl (C=O) groups is 4. The fraction of sp³-hybridized carbons (Fsp3) is 0.957. The van der Waals surface area contributed by atoms with Gasteiger partial charge in [0.15, 0.2) is 12.2 Å². The number of hydrogen-bond acceptors (Lipinski definition) is 15. The van der Waals surface area contributed by atoms with E-state index in [0.717, 1.165) is 89.9 Å². The molecule has 0 radical (unpaired) electrons. The molecule has 0 aromatic carbocycles. The number of rotatable bonds is 93. The summed E-state index contributed by atoms with van der Waals surface area (Å²) in [6.07, 6.45) is 83.7. The van der Waals surface area contributed by atoms with Crippen LogP contribution in [-0.4, -0.2) is 96.7 Å². The van der Waals surface area contributed by atoms with Crippen LogP contribution in [0.25, 0.3) is 0 Å². The lowest BCUT2D eigenvalue weighted by atomic mass is 10.0. The third kappa shape index (κ3) is 85.8. The molecule has 111 heavy (non-hydrogen) atoms. The zero-order valence-corrected chi connectivity index (χ0v) is 74.7. The Morgan fingerprint density at radius 2 is 0.360 bits per heavy atom. The summed E-state index contributed by atoms with van der Waals surface area (Å²) >= 11 is 0. The molecular formula is C92H180O17P2. The number of phosphoric acid groups is 2. The number of aliphatic hydroxyl groups is 1. The molecule has 0 rings (SSSR count). The summed E-state index contributed by atoms with van der Waals surface area (Å²) in [6, 6.07) is 0. The quantitative estimate of drug-likeness (QED) is 0.0222. The summed E-state index contributed by atoms with van der Waals surface area (Å²) in [5, 5.41) is 10.7. The average Bonchev–Trinajstić information content (AvgIpc) is 0.898. The van der Waals surface area contributed by atoms with Crippen molar-refractivity contribution < 1.29 is 80.2 Å². The summed E-state index contributed by atoms with van der Waals surface area (Å²) in [6.45, 7) is 5.07. The van der Waals surface area contributed by atoms with Crippen molar-refractivity contribution in [1.29, 1.82) is 0 Å². The number of carbonyl (C=O) groups excluding carboxylic acids is 4. The van der Waals surface area contributed by atoms with Crippen molar-refractivity contribution in [3.8, 4) is 0 Å². The van der Waals surface area contributed by atoms with Gasteiger partial charge in [0.2, 0.25) is 0 Å². The first-order valence-electron chi connectivity index (χ1n) is 47.8. The molecule has 0 bridgehead atoms. The van der Waals surface area contributed by atoms with Gasteiger partial charge in [0, 0.05) is 25.7 Å². The SMILES string of the molecule is CCCCCCCCCCCCCCCCCCCCCCCCC(=O)O[C@H](COC(=O)CCCCCCCCCCCCCCCCCCCCCCC)COP(=O)(O)OC[C@@H](O)COP(=O)(O)OC[C@@H](COC(=O)CCCCCCCCCCC)OC(=O)CCCCCCCCCCCCCCCCCCCCC. The van der Waals surface area contributed by atoms with E-state index in [2.05, 4.69) is 27.7 Å². The maximum absolute atomic E-state index is 13.2. The maximum Gasteiger partial charge on any atom is 0.472 e. The normalized spacial score (nSPS) is 13.6. The van der Waals surface area contributed by atoms with Crippen LogP contribution in [0.5, 0.6) is 0 Å². The van der Waals surface area contributed by atoms with Crippen molar-refractivity contribution in [3.05, 3.63) is 0 Å². The van der Waals surface area contributed by atoms with Gasteiger partial charge in [-0.1, -0.05) is 458 Å². The Balaban J connectivity index is 5.18. The third-order valence-corrected chi connectivity index (χ3v) is 23.8. The summed E-state index contributed by atoms with van der Waals surface area (Å²) in [5.74, 6) is -2.09. The molecule has 19 heteroatoms. The Kier molecular flexibility index (Phi) is 84.4. The average molecular weight is 1620 g/mol. The van der Waals surface area contributed by atoms with E-state index >= 15 is 0 Å². The molecule has 17 nitrogen and oxygen atoms in total. The number of ether oxygens (including phenoxy) is 4. The number of esters is 4. The molecule has 660 valence electrons. The minimum Gasteiger partial charge on any atom is -0.462 e. The molecule has 0 fully saturated rings. The predicted octanol–water partition coefficient (Wildman–Crippen LogP) is 28.9. The number of hydrogen-bond donors (Lipinski definition) is 3. The highest BCUT2D eigenvalue weighted by molar-refractivity contribution is 7.47. The van der Waals surface area contributed by atoms with E-state index in [1.807, 2.05) is 0 Å². The Hall–Kier alpha value is -1.94. The molecule has 0 heterocycles. The minimum absolute atomic E-state index is 0.109. The summed E-state index contributed by atoms with van der Waals surface area (Å²) in [7, 11) is -9.93. The van der Waals surface area contributed by atoms with Gasteiger partial charge in [0.05, 0.1) is 26.4 Å². The van der Waals surface area contributed by atoms with Gasteiger partial charge in [-0.2, -0.15) is 0 Å². The molecule has 2 unspecified atom stereocenters. The standard InChI is InChI=1S/C92H180O17P2/c1-5-9-13-17-21-25-28-31-34-37-40-42-44-47-50-53-56-59-63-67-71-75-79-92(97)109-88(83-103-90(95)77-73-69-65-61-57-54-51-48-46-43-41-38-35-32-29-26-22-18-14-10-6-2)85-107-111(100,101)105-81-86(93)80-104-110(98,99)106-84-87(82-102-89(94)76-72-68-64-60-24-20-16-12-8-4)108-91(96)78-74-70-66-62-58-55-52-49-45-39-36-33-30-27-23-19-15-11-7-3/h86-88,93H,5-85H2,1-4H3,(H,98,99)(H,100,101)/t86-,87+,88+/m0/s1. The van der Waals surface area contributed by atoms with Crippen molar-refractivity contribution >= 4 is 39.5 Å². The van der Waals surface area contributed by atoms with Crippen LogP contribution in [-0.2, 0) is 65.4 Å². The molecule has 0 aromatic rings. The lowest BCUT2D eigenvalue weighted by Gasteiger charge is -2.21. The molecule has 0 amide bonds. The smallest absolute Gasteiger partial charge is 0.462 e. The van der Waals surface area contributed by atoms with Crippen LogP contribution in [0.2, 0.25) is 0 Å². The Labute approximate surface area is 683 Å². The van der Waals surface area contributed by atoms with E-state index in [9.17, 15) is 43.2 Å². The first-order chi connectivity index (χ1) is 54.2. The van der Waals surface area contributed by atoms with Gasteiger partial charge in [0.25, 0.3) is 0 Å². The van der Waals surface area contributed by atoms with Crippen molar-refractivity contribution in [2.24, 2.45) is 0 Å². The first-order valence-corrected chi connectivity index (χ1v) is 50.8. The predicted molar refractivity (Wildman–Crippen MR) is 460 cm³/mol. The van der Waals surface area contributed by atoms with E-state index in [0.29, 0.717) is 25.7 Å². The Morgan fingerprint density at radius 3 is 0.532 bits per heavy atom. The molecule has 5 atom stereocenters. The Bertz CT molecular complexity index is 2090. The van der Waals surface area contributed by atoms with Crippen LogP contribution < -0.4 is 0 Å². The first kappa shape index (κ1) is 109. The van der Waals surface area contributed by atoms with E-state index in [1.54, 1.807) is 0 Å². The fourth-order valence-electron chi connectivity index (χ4n) is 14.6. The lowest BCUT2D eigenvalue weighted by molar-refractivity contribution is -0.161. The van der Waals surface area contributed by atoms with Gasteiger partial charge >= 0.3 is 39.5 Å². The molecule has 0 saturated heterocycles. The van der Waals surface area contributed by atoms with E-state index < -0.39 is 97.5 Å². The second-order valence-corrected chi connectivity index (χ2v) is 36.0. The highest BCUT2D eigenvalue weighted by Gasteiger charge is 2.31. The van der Waals surface area contributed by atoms with Gasteiger partial charge in [0.1, 0.15) is 19.3 Å². The van der Waals surface area contributed by atoms with Crippen LogP contribution >= 0.6 is 15.6 Å². The number of aliphatic hydroxyl groups excluding tert-OH is 1. The monoisotopic (exact) mass is 1620 g/mol. The van der Waals surface area contributed by atoms with Crippen LogP contribution in [0.1, 0.15) is 509 Å². The zero-order valence-electron chi connectivity index (χ0n) is 73.0. The van der Waals surface area contributed by atoms with Crippen LogP contribution in [0, 0.1) is 0 Å². The van der Waals surface area contributed by atoms with E-state index in [-0.39, 0.29) is 25.7 Å². The molecule has 3 N–H and O–H groups in total. The van der Waals surface area contributed by atoms with Crippen LogP contribution in [0.15, 0.2) is 0 Å². The number of phosphoric ester groups is 2. The van der Waals surface area contributed by atoms with Gasteiger partial charge < -0.3 is 33.8 Å². The van der Waals surface area contributed by atoms with Gasteiger partial charge in [-0.15, -0.1) is 0 Å². The molecule has 0 aliphatic carbocycles. The summed E-state index contributed by atoms with van der Waals surface area (Å²) in [5.41, 5.74) is 0. The second kappa shape index (κ2) is 85.9. The van der Waals surface area contributed by atoms with Crippen molar-refractivity contribution in [3.63, 3.8) is 0 Å². The van der Waals surface area contributed by atoms with Gasteiger partial charge in [-0.25, -0.2) is 9.13 Å². The minimum atomic E-state index is -4.97. The van der Waals surface area contributed by atoms with E-state index in [4.69, 9.17) is 37.0 Å². The van der Waals surface area contributed by atoms with Crippen molar-refractivity contribution in [1.82, 2.24) is 0 Å². The largest absolute Gasteiger partial charge is 0.472 e. The molecule has 0 aliphatic heterocycles. The third-order valence-electron chi connectivity index (χ3n) is 21.9. The number of unbranched alkanes of at least 4 members (excludes halogenated alkanes) is 67. The van der Waals surface area contributed by atoms with E-state index in [1.165, 1.54) is 340 Å². The molecule has 0 spiro atoms. The van der Waals surface area contributed by atoms with Crippen LogP contribution in [0.4, 0.5) is 0 Å². The molecular weight excluding hydrogens is 1440 g/mol. The second-order valence-electron chi connectivity index (χ2n) is 33.1. The summed E-state index contributed by atoms with van der Waals surface area (Å²) < 4.78 is 69.0. The molecule has 0 aromatic heterocycles. The van der Waals surface area contributed by atoms with Gasteiger partial charge in [-0.3, -0.25) is 37.3 Å². The zero-order chi connectivity index (χ0) is 81.0. The molecule has 0 saturated carbocycles. The fourth-order valence-corrected chi connectivity index (χ4v) is 16.2. The van der Waals surface area contributed by atoms with Crippen molar-refractivity contribution in [2.45, 2.75) is 528 Å². The molecule has 0 aliphatic rings. The topological polar surface area (TPSA) is 237 Å². The maximum atomic E-state index is 13.2. The summed E-state index contributed by atoms with van der Waals surface area (Å²) in [4.78, 5) is 73.4. The lowest BCUT2D eigenvalue weighted by Crippen LogP contribution is -2.30. The highest BCUT2D eigenvalue weighted by atomic mass is 31.2. The van der Waals surface area contributed by atoms with Crippen LogP contribution in [0.3, 0.4) is 0 Å².